The van der Waals surface area contributed by atoms with Crippen LogP contribution in [0.3, 0.4) is 0 Å². The van der Waals surface area contributed by atoms with Gasteiger partial charge < -0.3 is 10.2 Å². The molecule has 26 heavy (non-hydrogen) atoms. The van der Waals surface area contributed by atoms with Crippen LogP contribution in [0.4, 0.5) is 10.1 Å². The van der Waals surface area contributed by atoms with Gasteiger partial charge in [-0.2, -0.15) is 0 Å². The molecule has 0 bridgehead atoms. The van der Waals surface area contributed by atoms with Crippen molar-refractivity contribution in [2.24, 2.45) is 0 Å². The van der Waals surface area contributed by atoms with Crippen molar-refractivity contribution in [3.05, 3.63) is 40.1 Å². The number of anilines is 1. The van der Waals surface area contributed by atoms with Crippen molar-refractivity contribution in [2.75, 3.05) is 11.9 Å². The highest BCUT2D eigenvalue weighted by molar-refractivity contribution is 7.13. The molecule has 1 N–H and O–H groups in total. The molecule has 2 aromatic rings. The molecule has 0 radical (unpaired) electrons. The van der Waals surface area contributed by atoms with Gasteiger partial charge in [0.25, 0.3) is 5.91 Å². The Bertz CT molecular complexity index is 778. The first-order valence-corrected chi connectivity index (χ1v) is 9.60. The predicted octanol–water partition coefficient (Wildman–Crippen LogP) is 3.78. The second kappa shape index (κ2) is 8.35. The van der Waals surface area contributed by atoms with Crippen LogP contribution in [-0.4, -0.2) is 33.5 Å². The highest BCUT2D eigenvalue weighted by Gasteiger charge is 2.32. The van der Waals surface area contributed by atoms with Crippen molar-refractivity contribution in [3.8, 4) is 0 Å². The minimum Gasteiger partial charge on any atom is -0.333 e. The van der Waals surface area contributed by atoms with Gasteiger partial charge in [0, 0.05) is 18.7 Å². The van der Waals surface area contributed by atoms with Gasteiger partial charge in [-0.15, -0.1) is 10.2 Å². The Hall–Kier alpha value is -2.35. The lowest BCUT2D eigenvalue weighted by Crippen LogP contribution is -2.30. The van der Waals surface area contributed by atoms with Gasteiger partial charge in [0.1, 0.15) is 10.8 Å². The number of amides is 2. The highest BCUT2D eigenvalue weighted by Crippen LogP contribution is 2.34. The van der Waals surface area contributed by atoms with Gasteiger partial charge in [-0.1, -0.05) is 24.7 Å². The molecule has 0 spiro atoms. The molecule has 0 unspecified atom stereocenters. The SMILES string of the molecule is CCCCC(=O)N1CCC[C@@H]1c1nnc(C(=O)Nc2ccc(F)cc2)s1. The van der Waals surface area contributed by atoms with Crippen molar-refractivity contribution >= 4 is 28.8 Å². The van der Waals surface area contributed by atoms with Crippen LogP contribution in [0.2, 0.25) is 0 Å². The van der Waals surface area contributed by atoms with E-state index in [1.165, 1.54) is 35.6 Å². The molecule has 2 amide bonds. The monoisotopic (exact) mass is 376 g/mol. The summed E-state index contributed by atoms with van der Waals surface area (Å²) < 4.78 is 12.9. The Kier molecular flexibility index (Phi) is 5.92. The van der Waals surface area contributed by atoms with E-state index in [4.69, 9.17) is 0 Å². The van der Waals surface area contributed by atoms with Crippen molar-refractivity contribution in [2.45, 2.75) is 45.1 Å². The lowest BCUT2D eigenvalue weighted by Gasteiger charge is -2.22. The molecule has 1 aliphatic rings. The summed E-state index contributed by atoms with van der Waals surface area (Å²) in [5, 5.41) is 11.7. The Morgan fingerprint density at radius 3 is 2.81 bits per heavy atom. The Balaban J connectivity index is 1.67. The summed E-state index contributed by atoms with van der Waals surface area (Å²) in [6.45, 7) is 2.79. The molecule has 0 saturated carbocycles. The van der Waals surface area contributed by atoms with E-state index in [0.717, 1.165) is 32.2 Å². The summed E-state index contributed by atoms with van der Waals surface area (Å²) in [7, 11) is 0. The molecular weight excluding hydrogens is 355 g/mol. The van der Waals surface area contributed by atoms with E-state index in [2.05, 4.69) is 22.4 Å². The zero-order chi connectivity index (χ0) is 18.5. The average Bonchev–Trinajstić information content (AvgIpc) is 3.30. The molecule has 3 rings (SSSR count). The lowest BCUT2D eigenvalue weighted by molar-refractivity contribution is -0.132. The van der Waals surface area contributed by atoms with Gasteiger partial charge in [0.05, 0.1) is 6.04 Å². The molecule has 1 atom stereocenters. The topological polar surface area (TPSA) is 75.2 Å². The Morgan fingerprint density at radius 1 is 1.31 bits per heavy atom. The second-order valence-electron chi connectivity index (χ2n) is 6.26. The number of aromatic nitrogens is 2. The maximum atomic E-state index is 12.9. The summed E-state index contributed by atoms with van der Waals surface area (Å²) in [5.74, 6) is -0.612. The zero-order valence-corrected chi connectivity index (χ0v) is 15.4. The summed E-state index contributed by atoms with van der Waals surface area (Å²) in [5.41, 5.74) is 0.491. The quantitative estimate of drug-likeness (QED) is 0.832. The normalized spacial score (nSPS) is 16.7. The second-order valence-corrected chi connectivity index (χ2v) is 7.26. The molecular formula is C18H21FN4O2S. The molecule has 8 heteroatoms. The summed E-state index contributed by atoms with van der Waals surface area (Å²) in [4.78, 5) is 26.5. The van der Waals surface area contributed by atoms with E-state index >= 15 is 0 Å². The van der Waals surface area contributed by atoms with Crippen molar-refractivity contribution < 1.29 is 14.0 Å². The standard InChI is InChI=1S/C18H21FN4O2S/c1-2-3-6-15(24)23-11-4-5-14(23)17-21-22-18(26-17)16(25)20-13-9-7-12(19)8-10-13/h7-10,14H,2-6,11H2,1H3,(H,20,25)/t14-/m1/s1. The molecule has 1 aliphatic heterocycles. The number of halogens is 1. The minimum atomic E-state index is -0.387. The fourth-order valence-corrected chi connectivity index (χ4v) is 3.86. The zero-order valence-electron chi connectivity index (χ0n) is 14.6. The van der Waals surface area contributed by atoms with Crippen LogP contribution in [0.5, 0.6) is 0 Å². The van der Waals surface area contributed by atoms with Crippen LogP contribution in [0.15, 0.2) is 24.3 Å². The maximum Gasteiger partial charge on any atom is 0.286 e. The first kappa shape index (κ1) is 18.4. The Labute approximate surface area is 155 Å². The molecule has 2 heterocycles. The fourth-order valence-electron chi connectivity index (χ4n) is 2.97. The first-order valence-electron chi connectivity index (χ1n) is 8.78. The van der Waals surface area contributed by atoms with E-state index in [-0.39, 0.29) is 28.7 Å². The number of likely N-dealkylation sites (tertiary alicyclic amines) is 1. The Morgan fingerprint density at radius 2 is 2.08 bits per heavy atom. The third-order valence-electron chi connectivity index (χ3n) is 4.34. The number of hydrogen-bond donors (Lipinski definition) is 1. The van der Waals surface area contributed by atoms with Crippen molar-refractivity contribution in [1.29, 1.82) is 0 Å². The van der Waals surface area contributed by atoms with Crippen LogP contribution in [0.1, 0.15) is 59.9 Å². The van der Waals surface area contributed by atoms with Crippen molar-refractivity contribution in [1.82, 2.24) is 15.1 Å². The van der Waals surface area contributed by atoms with Gasteiger partial charge in [-0.3, -0.25) is 9.59 Å². The third-order valence-corrected chi connectivity index (χ3v) is 5.36. The molecule has 1 saturated heterocycles. The number of nitrogens with one attached hydrogen (secondary N) is 1. The maximum absolute atomic E-state index is 12.9. The average molecular weight is 376 g/mol. The number of benzene rings is 1. The van der Waals surface area contributed by atoms with E-state index in [0.29, 0.717) is 17.1 Å². The molecule has 1 fully saturated rings. The van der Waals surface area contributed by atoms with Gasteiger partial charge in [-0.25, -0.2) is 4.39 Å². The molecule has 1 aromatic carbocycles. The van der Waals surface area contributed by atoms with Crippen LogP contribution >= 0.6 is 11.3 Å². The summed E-state index contributed by atoms with van der Waals surface area (Å²) >= 11 is 1.20. The number of carbonyl (C=O) groups is 2. The van der Waals surface area contributed by atoms with Crippen LogP contribution < -0.4 is 5.32 Å². The number of hydrogen-bond acceptors (Lipinski definition) is 5. The fraction of sp³-hybridized carbons (Fsp3) is 0.444. The number of rotatable bonds is 6. The molecule has 6 nitrogen and oxygen atoms in total. The van der Waals surface area contributed by atoms with Crippen molar-refractivity contribution in [3.63, 3.8) is 0 Å². The number of unbranched alkanes of at least 4 members (excludes halogenated alkanes) is 1. The van der Waals surface area contributed by atoms with Gasteiger partial charge in [0.15, 0.2) is 0 Å². The predicted molar refractivity (Wildman–Crippen MR) is 97.5 cm³/mol. The van der Waals surface area contributed by atoms with Gasteiger partial charge >= 0.3 is 0 Å². The molecule has 1 aromatic heterocycles. The summed E-state index contributed by atoms with van der Waals surface area (Å²) in [6, 6.07) is 5.43. The van der Waals surface area contributed by atoms with Gasteiger partial charge in [-0.05, 0) is 43.5 Å². The number of carbonyl (C=O) groups excluding carboxylic acids is 2. The van der Waals surface area contributed by atoms with E-state index in [9.17, 15) is 14.0 Å². The third kappa shape index (κ3) is 4.24. The summed E-state index contributed by atoms with van der Waals surface area (Å²) in [6.07, 6.45) is 4.18. The van der Waals surface area contributed by atoms with E-state index in [1.54, 1.807) is 0 Å². The van der Waals surface area contributed by atoms with Crippen LogP contribution in [0.25, 0.3) is 0 Å². The van der Waals surface area contributed by atoms with Crippen LogP contribution in [-0.2, 0) is 4.79 Å². The van der Waals surface area contributed by atoms with Crippen LogP contribution in [0, 0.1) is 5.82 Å². The van der Waals surface area contributed by atoms with E-state index in [1.807, 2.05) is 4.90 Å². The first-order chi connectivity index (χ1) is 12.6. The number of nitrogens with zero attached hydrogens (tertiary/aromatic N) is 3. The highest BCUT2D eigenvalue weighted by atomic mass is 32.1. The largest absolute Gasteiger partial charge is 0.333 e. The minimum absolute atomic E-state index is 0.0933. The molecule has 138 valence electrons. The molecule has 0 aliphatic carbocycles. The lowest BCUT2D eigenvalue weighted by atomic mass is 10.2. The smallest absolute Gasteiger partial charge is 0.286 e. The van der Waals surface area contributed by atoms with Gasteiger partial charge in [0.2, 0.25) is 10.9 Å². The van der Waals surface area contributed by atoms with E-state index < -0.39 is 0 Å².